The number of alkyl halides is 1. The molecule has 21 heavy (non-hydrogen) atoms. The van der Waals surface area contributed by atoms with Crippen molar-refractivity contribution in [2.24, 2.45) is 0 Å². The van der Waals surface area contributed by atoms with E-state index in [-0.39, 0.29) is 5.56 Å². The highest BCUT2D eigenvalue weighted by Gasteiger charge is 2.13. The summed E-state index contributed by atoms with van der Waals surface area (Å²) in [4.78, 5) is 7.70. The predicted octanol–water partition coefficient (Wildman–Crippen LogP) is 4.51. The maximum atomic E-state index is 13.9. The monoisotopic (exact) mass is 348 g/mol. The van der Waals surface area contributed by atoms with E-state index < -0.39 is 11.8 Å². The molecule has 0 unspecified atom stereocenters. The van der Waals surface area contributed by atoms with E-state index in [1.807, 2.05) is 24.3 Å². The van der Waals surface area contributed by atoms with Gasteiger partial charge in [-0.15, -0.1) is 0 Å². The Bertz CT molecular complexity index is 805. The van der Waals surface area contributed by atoms with Crippen LogP contribution in [-0.4, -0.2) is 15.3 Å². The van der Waals surface area contributed by atoms with E-state index in [1.54, 1.807) is 6.20 Å². The zero-order valence-electron chi connectivity index (χ0n) is 11.0. The summed E-state index contributed by atoms with van der Waals surface area (Å²) < 4.78 is 27.3. The molecule has 0 saturated heterocycles. The molecule has 0 spiro atoms. The number of fused-ring (bicyclic) bond motifs is 1. The lowest BCUT2D eigenvalue weighted by Crippen LogP contribution is -1.96. The lowest BCUT2D eigenvalue weighted by Gasteiger charge is -2.10. The summed E-state index contributed by atoms with van der Waals surface area (Å²) in [6, 6.07) is 8.90. The van der Waals surface area contributed by atoms with Crippen LogP contribution in [0.15, 0.2) is 42.7 Å². The Morgan fingerprint density at radius 1 is 1.05 bits per heavy atom. The van der Waals surface area contributed by atoms with E-state index in [2.05, 4.69) is 25.9 Å². The van der Waals surface area contributed by atoms with Gasteiger partial charge < -0.3 is 0 Å². The number of rotatable bonds is 3. The van der Waals surface area contributed by atoms with E-state index in [1.165, 1.54) is 12.3 Å². The molecule has 0 fully saturated rings. The van der Waals surface area contributed by atoms with Crippen molar-refractivity contribution in [3.8, 4) is 11.1 Å². The zero-order chi connectivity index (χ0) is 14.8. The van der Waals surface area contributed by atoms with Crippen molar-refractivity contribution in [1.29, 1.82) is 0 Å². The van der Waals surface area contributed by atoms with Crippen LogP contribution in [0.3, 0.4) is 0 Å². The van der Waals surface area contributed by atoms with Crippen molar-refractivity contribution in [3.05, 3.63) is 60.1 Å². The first kappa shape index (κ1) is 14.1. The van der Waals surface area contributed by atoms with Crippen LogP contribution in [0.25, 0.3) is 22.0 Å². The van der Waals surface area contributed by atoms with E-state index >= 15 is 0 Å². The van der Waals surface area contributed by atoms with Crippen molar-refractivity contribution in [2.75, 3.05) is 5.33 Å². The zero-order valence-corrected chi connectivity index (χ0v) is 12.6. The number of aryl methyl sites for hydroxylation is 1. The summed E-state index contributed by atoms with van der Waals surface area (Å²) >= 11 is 3.41. The van der Waals surface area contributed by atoms with Gasteiger partial charge in [0.2, 0.25) is 5.95 Å². The number of pyridine rings is 2. The maximum Gasteiger partial charge on any atom is 0.249 e. The predicted molar refractivity (Wildman–Crippen MR) is 82.4 cm³/mol. The number of hydrogen-bond acceptors (Lipinski definition) is 2. The molecule has 3 rings (SSSR count). The highest BCUT2D eigenvalue weighted by atomic mass is 79.9. The van der Waals surface area contributed by atoms with Gasteiger partial charge in [-0.25, -0.2) is 9.37 Å². The Balaban J connectivity index is 2.26. The molecule has 0 radical (unpaired) electrons. The molecule has 2 aromatic heterocycles. The van der Waals surface area contributed by atoms with Crippen LogP contribution in [0.1, 0.15) is 5.56 Å². The minimum Gasteiger partial charge on any atom is -0.256 e. The van der Waals surface area contributed by atoms with Crippen LogP contribution < -0.4 is 0 Å². The minimum absolute atomic E-state index is 0.212. The van der Waals surface area contributed by atoms with Crippen molar-refractivity contribution in [2.45, 2.75) is 6.42 Å². The van der Waals surface area contributed by atoms with Crippen LogP contribution in [0.5, 0.6) is 0 Å². The summed E-state index contributed by atoms with van der Waals surface area (Å²) in [5.74, 6) is -2.01. The van der Waals surface area contributed by atoms with Gasteiger partial charge in [-0.05, 0) is 41.8 Å². The van der Waals surface area contributed by atoms with Gasteiger partial charge in [0.15, 0.2) is 5.82 Å². The average molecular weight is 349 g/mol. The van der Waals surface area contributed by atoms with Gasteiger partial charge in [0.1, 0.15) is 0 Å². The molecule has 0 N–H and O–H groups in total. The number of aromatic nitrogens is 2. The third-order valence-corrected chi connectivity index (χ3v) is 3.70. The first-order valence-electron chi connectivity index (χ1n) is 6.44. The molecule has 106 valence electrons. The third-order valence-electron chi connectivity index (χ3n) is 3.31. The highest BCUT2D eigenvalue weighted by molar-refractivity contribution is 9.09. The quantitative estimate of drug-likeness (QED) is 0.514. The van der Waals surface area contributed by atoms with E-state index in [4.69, 9.17) is 0 Å². The van der Waals surface area contributed by atoms with Crippen LogP contribution in [0.4, 0.5) is 8.78 Å². The fraction of sp³-hybridized carbons (Fsp3) is 0.125. The standard InChI is InChI=1S/C16H11BrF2N2/c17-5-3-11-9-12(8-10-2-1-6-20-15(10)11)13-4-7-21-16(19)14(13)18/h1-2,4,6-9H,3,5H2. The van der Waals surface area contributed by atoms with Crippen molar-refractivity contribution in [1.82, 2.24) is 9.97 Å². The number of halogens is 3. The number of nitrogens with zero attached hydrogens (tertiary/aromatic N) is 2. The summed E-state index contributed by atoms with van der Waals surface area (Å²) in [6.07, 6.45) is 3.76. The Morgan fingerprint density at radius 3 is 2.71 bits per heavy atom. The first-order valence-corrected chi connectivity index (χ1v) is 7.57. The first-order chi connectivity index (χ1) is 10.2. The molecule has 0 atom stereocenters. The molecule has 2 nitrogen and oxygen atoms in total. The third kappa shape index (κ3) is 2.65. The summed E-state index contributed by atoms with van der Waals surface area (Å²) in [6.45, 7) is 0. The smallest absolute Gasteiger partial charge is 0.249 e. The molecule has 1 aromatic carbocycles. The second kappa shape index (κ2) is 5.85. The fourth-order valence-electron chi connectivity index (χ4n) is 2.36. The lowest BCUT2D eigenvalue weighted by atomic mass is 9.98. The molecule has 0 aliphatic heterocycles. The Hall–Kier alpha value is -1.88. The van der Waals surface area contributed by atoms with Crippen LogP contribution >= 0.6 is 15.9 Å². The molecule has 0 bridgehead atoms. The van der Waals surface area contributed by atoms with Gasteiger partial charge in [-0.3, -0.25) is 4.98 Å². The number of hydrogen-bond donors (Lipinski definition) is 0. The minimum atomic E-state index is -1.08. The molecule has 0 aliphatic carbocycles. The summed E-state index contributed by atoms with van der Waals surface area (Å²) in [7, 11) is 0. The van der Waals surface area contributed by atoms with Crippen molar-refractivity contribution in [3.63, 3.8) is 0 Å². The van der Waals surface area contributed by atoms with E-state index in [0.29, 0.717) is 5.56 Å². The van der Waals surface area contributed by atoms with Gasteiger partial charge in [-0.2, -0.15) is 4.39 Å². The van der Waals surface area contributed by atoms with Gasteiger partial charge in [0.05, 0.1) is 5.52 Å². The molecule has 0 saturated carbocycles. The van der Waals surface area contributed by atoms with Crippen molar-refractivity contribution >= 4 is 26.8 Å². The molecule has 0 amide bonds. The topological polar surface area (TPSA) is 25.8 Å². The highest BCUT2D eigenvalue weighted by Crippen LogP contribution is 2.29. The van der Waals surface area contributed by atoms with E-state index in [9.17, 15) is 8.78 Å². The maximum absolute atomic E-state index is 13.9. The Labute approximate surface area is 129 Å². The Morgan fingerprint density at radius 2 is 1.90 bits per heavy atom. The molecular weight excluding hydrogens is 338 g/mol. The molecular formula is C16H11BrF2N2. The summed E-state index contributed by atoms with van der Waals surface area (Å²) in [5, 5.41) is 1.68. The van der Waals surface area contributed by atoms with Gasteiger partial charge >= 0.3 is 0 Å². The fourth-order valence-corrected chi connectivity index (χ4v) is 2.78. The normalized spacial score (nSPS) is 11.0. The van der Waals surface area contributed by atoms with Gasteiger partial charge in [0.25, 0.3) is 0 Å². The van der Waals surface area contributed by atoms with Crippen LogP contribution in [-0.2, 0) is 6.42 Å². The second-order valence-electron chi connectivity index (χ2n) is 4.61. The molecule has 0 aliphatic rings. The molecule has 5 heteroatoms. The molecule has 3 aromatic rings. The van der Waals surface area contributed by atoms with E-state index in [0.717, 1.165) is 28.2 Å². The lowest BCUT2D eigenvalue weighted by molar-refractivity contribution is 0.482. The van der Waals surface area contributed by atoms with Crippen molar-refractivity contribution < 1.29 is 8.78 Å². The number of benzene rings is 1. The second-order valence-corrected chi connectivity index (χ2v) is 5.41. The van der Waals surface area contributed by atoms with Gasteiger partial charge in [-0.1, -0.05) is 22.0 Å². The summed E-state index contributed by atoms with van der Waals surface area (Å²) in [5.41, 5.74) is 2.72. The van der Waals surface area contributed by atoms with Crippen LogP contribution in [0, 0.1) is 11.8 Å². The SMILES string of the molecule is Fc1nccc(-c2cc(CCBr)c3ncccc3c2)c1F. The molecule has 2 heterocycles. The Kier molecular flexibility index (Phi) is 3.92. The van der Waals surface area contributed by atoms with Gasteiger partial charge in [0, 0.05) is 28.7 Å². The van der Waals surface area contributed by atoms with Crippen LogP contribution in [0.2, 0.25) is 0 Å². The largest absolute Gasteiger partial charge is 0.256 e. The average Bonchev–Trinajstić information content (AvgIpc) is 2.50.